The summed E-state index contributed by atoms with van der Waals surface area (Å²) in [5.74, 6) is 0. The van der Waals surface area contributed by atoms with Crippen LogP contribution < -0.4 is 5.56 Å². The Morgan fingerprint density at radius 1 is 0.433 bits per heavy atom. The number of fused-ring (bicyclic) bond motifs is 10. The maximum atomic E-state index is 14.1. The molecule has 0 spiro atoms. The normalized spacial score (nSPS) is 12.8. The molecule has 138 valence electrons. The van der Waals surface area contributed by atoms with Crippen LogP contribution in [0.2, 0.25) is 0 Å². The lowest BCUT2D eigenvalue weighted by Crippen LogP contribution is -2.15. The van der Waals surface area contributed by atoms with Gasteiger partial charge in [0.1, 0.15) is 5.52 Å². The van der Waals surface area contributed by atoms with Crippen LogP contribution in [0.4, 0.5) is 0 Å². The van der Waals surface area contributed by atoms with E-state index in [1.807, 2.05) is 22.6 Å². The van der Waals surface area contributed by atoms with Crippen molar-refractivity contribution in [3.8, 4) is 0 Å². The Hall–Kier alpha value is -4.11. The second kappa shape index (κ2) is 4.71. The molecular formula is C27H14N2O. The van der Waals surface area contributed by atoms with Gasteiger partial charge in [0.15, 0.2) is 0 Å². The lowest BCUT2D eigenvalue weighted by Gasteiger charge is -2.07. The molecule has 8 rings (SSSR count). The predicted molar refractivity (Wildman–Crippen MR) is 125 cm³/mol. The molecule has 3 heteroatoms. The summed E-state index contributed by atoms with van der Waals surface area (Å²) in [7, 11) is 0. The molecule has 0 saturated carbocycles. The molecule has 0 amide bonds. The molecule has 0 aliphatic carbocycles. The summed E-state index contributed by atoms with van der Waals surface area (Å²) in [4.78, 5) is 14.1. The van der Waals surface area contributed by atoms with Gasteiger partial charge in [0.25, 0.3) is 5.56 Å². The van der Waals surface area contributed by atoms with Gasteiger partial charge in [-0.25, -0.2) is 0 Å². The van der Waals surface area contributed by atoms with Crippen LogP contribution in [0.25, 0.3) is 65.3 Å². The second-order valence-corrected chi connectivity index (χ2v) is 8.14. The van der Waals surface area contributed by atoms with Gasteiger partial charge in [0.05, 0.1) is 22.1 Å². The molecule has 0 atom stereocenters. The fraction of sp³-hybridized carbons (Fsp3) is 0. The summed E-state index contributed by atoms with van der Waals surface area (Å²) in [6.45, 7) is 0. The summed E-state index contributed by atoms with van der Waals surface area (Å²) in [5.41, 5.74) is 4.97. The molecule has 0 unspecified atom stereocenters. The van der Waals surface area contributed by atoms with Crippen molar-refractivity contribution in [1.82, 2.24) is 8.80 Å². The van der Waals surface area contributed by atoms with Crippen molar-refractivity contribution in [2.24, 2.45) is 0 Å². The topological polar surface area (TPSA) is 25.9 Å². The molecule has 3 aromatic heterocycles. The van der Waals surface area contributed by atoms with Gasteiger partial charge in [-0.15, -0.1) is 0 Å². The van der Waals surface area contributed by atoms with Crippen molar-refractivity contribution in [3.05, 3.63) is 95.3 Å². The highest BCUT2D eigenvalue weighted by molar-refractivity contribution is 6.35. The zero-order valence-corrected chi connectivity index (χ0v) is 15.9. The molecule has 30 heavy (non-hydrogen) atoms. The molecule has 0 aliphatic rings. The van der Waals surface area contributed by atoms with E-state index in [0.29, 0.717) is 0 Å². The minimum absolute atomic E-state index is 0.0498. The smallest absolute Gasteiger partial charge is 0.280 e. The molecule has 0 fully saturated rings. The average molecular weight is 382 g/mol. The van der Waals surface area contributed by atoms with E-state index in [1.165, 1.54) is 16.2 Å². The van der Waals surface area contributed by atoms with Crippen molar-refractivity contribution in [1.29, 1.82) is 0 Å². The van der Waals surface area contributed by atoms with E-state index in [1.54, 1.807) is 0 Å². The summed E-state index contributed by atoms with van der Waals surface area (Å²) in [5, 5.41) is 8.09. The Labute approximate surface area is 169 Å². The Bertz CT molecular complexity index is 2020. The van der Waals surface area contributed by atoms with E-state index in [2.05, 4.69) is 71.1 Å². The monoisotopic (exact) mass is 382 g/mol. The first-order valence-corrected chi connectivity index (χ1v) is 10.2. The Morgan fingerprint density at radius 3 is 1.90 bits per heavy atom. The van der Waals surface area contributed by atoms with Gasteiger partial charge < -0.3 is 4.40 Å². The van der Waals surface area contributed by atoms with E-state index < -0.39 is 0 Å². The number of rotatable bonds is 0. The highest BCUT2D eigenvalue weighted by atomic mass is 16.1. The molecule has 3 nitrogen and oxygen atoms in total. The van der Waals surface area contributed by atoms with Gasteiger partial charge in [-0.3, -0.25) is 9.20 Å². The number of para-hydroxylation sites is 2. The van der Waals surface area contributed by atoms with Crippen molar-refractivity contribution >= 4 is 65.3 Å². The van der Waals surface area contributed by atoms with Crippen molar-refractivity contribution in [3.63, 3.8) is 0 Å². The molecule has 0 bridgehead atoms. The number of aromatic nitrogens is 2. The van der Waals surface area contributed by atoms with Crippen LogP contribution in [0.15, 0.2) is 89.7 Å². The Balaban J connectivity index is 1.87. The second-order valence-electron chi connectivity index (χ2n) is 8.14. The molecule has 0 saturated heterocycles. The van der Waals surface area contributed by atoms with Crippen LogP contribution in [0, 0.1) is 0 Å². The van der Waals surface area contributed by atoms with Crippen LogP contribution in [0.5, 0.6) is 0 Å². The summed E-state index contributed by atoms with van der Waals surface area (Å²) < 4.78 is 4.11. The first kappa shape index (κ1) is 14.8. The van der Waals surface area contributed by atoms with Crippen LogP contribution in [-0.4, -0.2) is 8.80 Å². The lowest BCUT2D eigenvalue weighted by atomic mass is 10.1. The van der Waals surface area contributed by atoms with Gasteiger partial charge in [0.2, 0.25) is 0 Å². The molecule has 3 heterocycles. The summed E-state index contributed by atoms with van der Waals surface area (Å²) in [6, 6.07) is 29.4. The zero-order chi connectivity index (χ0) is 19.6. The van der Waals surface area contributed by atoms with Crippen molar-refractivity contribution in [2.75, 3.05) is 0 Å². The summed E-state index contributed by atoms with van der Waals surface area (Å²) >= 11 is 0. The molecule has 8 aromatic rings. The van der Waals surface area contributed by atoms with Gasteiger partial charge in [-0.05, 0) is 34.4 Å². The Kier molecular flexibility index (Phi) is 2.33. The SMILES string of the molecule is O=c1c2c3c4ccccc4c4cccc(c43)n2c2cccc3c4ccccc4n1c32. The minimum Gasteiger partial charge on any atom is -0.302 e. The maximum Gasteiger partial charge on any atom is 0.280 e. The third-order valence-electron chi connectivity index (χ3n) is 6.80. The van der Waals surface area contributed by atoms with Crippen LogP contribution in [-0.2, 0) is 0 Å². The fourth-order valence-corrected chi connectivity index (χ4v) is 5.71. The van der Waals surface area contributed by atoms with E-state index >= 15 is 0 Å². The van der Waals surface area contributed by atoms with E-state index in [0.717, 1.165) is 49.1 Å². The summed E-state index contributed by atoms with van der Waals surface area (Å²) in [6.07, 6.45) is 0. The molecule has 0 N–H and O–H groups in total. The van der Waals surface area contributed by atoms with Crippen molar-refractivity contribution in [2.45, 2.75) is 0 Å². The minimum atomic E-state index is 0.0498. The van der Waals surface area contributed by atoms with Crippen LogP contribution in [0.1, 0.15) is 0 Å². The fourth-order valence-electron chi connectivity index (χ4n) is 5.71. The van der Waals surface area contributed by atoms with Crippen molar-refractivity contribution < 1.29 is 0 Å². The van der Waals surface area contributed by atoms with E-state index in [9.17, 15) is 4.79 Å². The number of hydrogen-bond donors (Lipinski definition) is 0. The first-order chi connectivity index (χ1) is 14.8. The van der Waals surface area contributed by atoms with E-state index in [4.69, 9.17) is 0 Å². The molecule has 0 radical (unpaired) electrons. The highest BCUT2D eigenvalue weighted by Crippen LogP contribution is 2.43. The predicted octanol–water partition coefficient (Wildman–Crippen LogP) is 6.19. The largest absolute Gasteiger partial charge is 0.302 e. The molecule has 0 aliphatic heterocycles. The lowest BCUT2D eigenvalue weighted by molar-refractivity contribution is 1.15. The van der Waals surface area contributed by atoms with Crippen LogP contribution >= 0.6 is 0 Å². The van der Waals surface area contributed by atoms with Crippen LogP contribution in [0.3, 0.4) is 0 Å². The third kappa shape index (κ3) is 1.42. The first-order valence-electron chi connectivity index (χ1n) is 10.2. The number of benzene rings is 4. The maximum absolute atomic E-state index is 14.1. The standard InChI is InChI=1S/C27H14N2O/c30-27-26-24-18-9-2-1-7-15(18)17-10-5-13-21(23(17)24)28(26)22-14-6-11-19-16-8-3-4-12-20(16)29(27)25(19)22/h1-14H. The third-order valence-corrected chi connectivity index (χ3v) is 6.80. The number of nitrogens with zero attached hydrogens (tertiary/aromatic N) is 2. The Morgan fingerprint density at radius 2 is 1.03 bits per heavy atom. The quantitative estimate of drug-likeness (QED) is 0.307. The van der Waals surface area contributed by atoms with Gasteiger partial charge in [-0.2, -0.15) is 0 Å². The zero-order valence-electron chi connectivity index (χ0n) is 15.9. The molecular weight excluding hydrogens is 368 g/mol. The van der Waals surface area contributed by atoms with E-state index in [-0.39, 0.29) is 5.56 Å². The number of hydrogen-bond acceptors (Lipinski definition) is 1. The van der Waals surface area contributed by atoms with Gasteiger partial charge in [-0.1, -0.05) is 66.7 Å². The van der Waals surface area contributed by atoms with Gasteiger partial charge >= 0.3 is 0 Å². The van der Waals surface area contributed by atoms with Gasteiger partial charge in [0, 0.05) is 21.5 Å². The molecule has 5 aromatic carbocycles. The average Bonchev–Trinajstić information content (AvgIpc) is 3.43. The highest BCUT2D eigenvalue weighted by Gasteiger charge is 2.24.